The number of hydrogen-bond donors (Lipinski definition) is 1. The van der Waals surface area contributed by atoms with Crippen molar-refractivity contribution in [2.45, 2.75) is 46.2 Å². The molecule has 0 bridgehead atoms. The third-order valence-electron chi connectivity index (χ3n) is 5.71. The zero-order valence-corrected chi connectivity index (χ0v) is 22.4. The standard InChI is InChI=1S/C29H32Cl2N2O3/c1-4-12-32-29(35)27(17-22-8-6-5-7-9-22)33(18-23-10-11-25(30)26(31)16-23)28(34)19-36-24-14-20(2)13-21(3)15-24/h5-11,13-16,27H,4,12,17-19H2,1-3H3,(H,32,35)/t27-/m1/s1. The van der Waals surface area contributed by atoms with Gasteiger partial charge in [0, 0.05) is 19.5 Å². The zero-order valence-electron chi connectivity index (χ0n) is 20.9. The van der Waals surface area contributed by atoms with E-state index in [1.54, 1.807) is 17.0 Å². The number of carbonyl (C=O) groups excluding carboxylic acids is 2. The molecule has 2 amide bonds. The molecule has 0 fully saturated rings. The number of amides is 2. The molecule has 3 rings (SSSR count). The molecular formula is C29H32Cl2N2O3. The van der Waals surface area contributed by atoms with E-state index in [1.807, 2.05) is 75.4 Å². The van der Waals surface area contributed by atoms with Crippen LogP contribution in [0.1, 0.15) is 35.6 Å². The summed E-state index contributed by atoms with van der Waals surface area (Å²) in [6.07, 6.45) is 1.16. The summed E-state index contributed by atoms with van der Waals surface area (Å²) >= 11 is 12.4. The van der Waals surface area contributed by atoms with Crippen molar-refractivity contribution in [1.29, 1.82) is 0 Å². The van der Waals surface area contributed by atoms with E-state index in [1.165, 1.54) is 0 Å². The number of benzene rings is 3. The number of rotatable bonds is 11. The van der Waals surface area contributed by atoms with Crippen LogP contribution < -0.4 is 10.1 Å². The van der Waals surface area contributed by atoms with Gasteiger partial charge in [-0.15, -0.1) is 0 Å². The van der Waals surface area contributed by atoms with Crippen molar-refractivity contribution in [3.05, 3.63) is 99.0 Å². The Morgan fingerprint density at radius 1 is 0.917 bits per heavy atom. The molecule has 0 aliphatic rings. The molecule has 0 unspecified atom stereocenters. The minimum absolute atomic E-state index is 0.184. The smallest absolute Gasteiger partial charge is 0.261 e. The summed E-state index contributed by atoms with van der Waals surface area (Å²) in [6, 6.07) is 20.0. The van der Waals surface area contributed by atoms with Gasteiger partial charge < -0.3 is 15.0 Å². The van der Waals surface area contributed by atoms with Crippen molar-refractivity contribution in [2.24, 2.45) is 0 Å². The molecule has 3 aromatic rings. The van der Waals surface area contributed by atoms with Crippen molar-refractivity contribution in [1.82, 2.24) is 10.2 Å². The molecular weight excluding hydrogens is 495 g/mol. The zero-order chi connectivity index (χ0) is 26.1. The second kappa shape index (κ2) is 13.3. The number of halogens is 2. The molecule has 0 aromatic heterocycles. The third kappa shape index (κ3) is 8.00. The number of nitrogens with zero attached hydrogens (tertiary/aromatic N) is 1. The molecule has 0 aliphatic heterocycles. The van der Waals surface area contributed by atoms with Gasteiger partial charge >= 0.3 is 0 Å². The largest absolute Gasteiger partial charge is 0.484 e. The highest BCUT2D eigenvalue weighted by Gasteiger charge is 2.30. The maximum Gasteiger partial charge on any atom is 0.261 e. The first-order valence-corrected chi connectivity index (χ1v) is 12.8. The maximum absolute atomic E-state index is 13.6. The highest BCUT2D eigenvalue weighted by molar-refractivity contribution is 6.42. The lowest BCUT2D eigenvalue weighted by molar-refractivity contribution is -0.142. The molecule has 190 valence electrons. The topological polar surface area (TPSA) is 58.6 Å². The molecule has 3 aromatic carbocycles. The Kier molecular flexibility index (Phi) is 10.2. The summed E-state index contributed by atoms with van der Waals surface area (Å²) in [7, 11) is 0. The fourth-order valence-corrected chi connectivity index (χ4v) is 4.32. The number of carbonyl (C=O) groups is 2. The summed E-state index contributed by atoms with van der Waals surface area (Å²) < 4.78 is 5.88. The van der Waals surface area contributed by atoms with E-state index in [4.69, 9.17) is 27.9 Å². The molecule has 0 saturated carbocycles. The number of nitrogens with one attached hydrogen (secondary N) is 1. The van der Waals surface area contributed by atoms with Crippen molar-refractivity contribution in [3.8, 4) is 5.75 Å². The Balaban J connectivity index is 1.92. The molecule has 36 heavy (non-hydrogen) atoms. The molecule has 0 spiro atoms. The lowest BCUT2D eigenvalue weighted by atomic mass is 10.0. The molecule has 1 N–H and O–H groups in total. The average Bonchev–Trinajstić information content (AvgIpc) is 2.85. The van der Waals surface area contributed by atoms with Gasteiger partial charge in [0.25, 0.3) is 5.91 Å². The van der Waals surface area contributed by atoms with E-state index in [-0.39, 0.29) is 25.0 Å². The van der Waals surface area contributed by atoms with Gasteiger partial charge in [-0.3, -0.25) is 9.59 Å². The minimum Gasteiger partial charge on any atom is -0.484 e. The summed E-state index contributed by atoms with van der Waals surface area (Å²) in [5.74, 6) is 0.110. The van der Waals surface area contributed by atoms with E-state index in [2.05, 4.69) is 5.32 Å². The second-order valence-electron chi connectivity index (χ2n) is 8.88. The Bertz CT molecular complexity index is 1160. The SMILES string of the molecule is CCCNC(=O)[C@@H](Cc1ccccc1)N(Cc1ccc(Cl)c(Cl)c1)C(=O)COc1cc(C)cc(C)c1. The maximum atomic E-state index is 13.6. The lowest BCUT2D eigenvalue weighted by Gasteiger charge is -2.31. The van der Waals surface area contributed by atoms with Crippen LogP contribution in [-0.4, -0.2) is 35.9 Å². The predicted octanol–water partition coefficient (Wildman–Crippen LogP) is 6.16. The van der Waals surface area contributed by atoms with Crippen molar-refractivity contribution in [3.63, 3.8) is 0 Å². The Morgan fingerprint density at radius 2 is 1.61 bits per heavy atom. The number of aryl methyl sites for hydroxylation is 2. The summed E-state index contributed by atoms with van der Waals surface area (Å²) in [6.45, 7) is 6.46. The number of ether oxygens (including phenoxy) is 1. The molecule has 7 heteroatoms. The van der Waals surface area contributed by atoms with Gasteiger partial charge in [-0.25, -0.2) is 0 Å². The summed E-state index contributed by atoms with van der Waals surface area (Å²) in [5, 5.41) is 3.78. The molecule has 5 nitrogen and oxygen atoms in total. The van der Waals surface area contributed by atoms with E-state index in [0.717, 1.165) is 28.7 Å². The normalized spacial score (nSPS) is 11.6. The van der Waals surface area contributed by atoms with Crippen LogP contribution in [0.3, 0.4) is 0 Å². The lowest BCUT2D eigenvalue weighted by Crippen LogP contribution is -2.51. The third-order valence-corrected chi connectivity index (χ3v) is 6.45. The van der Waals surface area contributed by atoms with Crippen LogP contribution in [0.4, 0.5) is 0 Å². The first kappa shape index (κ1) is 27.6. The fraction of sp³-hybridized carbons (Fsp3) is 0.310. The Hall–Kier alpha value is -3.02. The second-order valence-corrected chi connectivity index (χ2v) is 9.69. The van der Waals surface area contributed by atoms with E-state index in [0.29, 0.717) is 28.8 Å². The average molecular weight is 527 g/mol. The van der Waals surface area contributed by atoms with Gasteiger partial charge in [0.2, 0.25) is 5.91 Å². The van der Waals surface area contributed by atoms with Crippen LogP contribution in [0.5, 0.6) is 5.75 Å². The van der Waals surface area contributed by atoms with Gasteiger partial charge in [0.15, 0.2) is 6.61 Å². The van der Waals surface area contributed by atoms with E-state index >= 15 is 0 Å². The van der Waals surface area contributed by atoms with Gasteiger partial charge in [-0.2, -0.15) is 0 Å². The van der Waals surface area contributed by atoms with Gasteiger partial charge in [0.1, 0.15) is 11.8 Å². The predicted molar refractivity (Wildman–Crippen MR) is 146 cm³/mol. The van der Waals surface area contributed by atoms with Gasteiger partial charge in [-0.05, 0) is 66.8 Å². The van der Waals surface area contributed by atoms with Crippen molar-refractivity contribution >= 4 is 35.0 Å². The summed E-state index contributed by atoms with van der Waals surface area (Å²) in [5.41, 5.74) is 3.82. The van der Waals surface area contributed by atoms with Crippen LogP contribution in [0.2, 0.25) is 10.0 Å². The Morgan fingerprint density at radius 3 is 2.25 bits per heavy atom. The fourth-order valence-electron chi connectivity index (χ4n) is 4.00. The molecule has 0 heterocycles. The van der Waals surface area contributed by atoms with Crippen molar-refractivity contribution < 1.29 is 14.3 Å². The molecule has 1 atom stereocenters. The Labute approximate surface area is 223 Å². The van der Waals surface area contributed by atoms with Crippen LogP contribution >= 0.6 is 23.2 Å². The molecule has 0 aliphatic carbocycles. The van der Waals surface area contributed by atoms with Gasteiger partial charge in [-0.1, -0.05) is 72.6 Å². The van der Waals surface area contributed by atoms with Crippen LogP contribution in [0, 0.1) is 13.8 Å². The first-order valence-electron chi connectivity index (χ1n) is 12.0. The van der Waals surface area contributed by atoms with E-state index in [9.17, 15) is 9.59 Å². The van der Waals surface area contributed by atoms with Crippen LogP contribution in [-0.2, 0) is 22.6 Å². The molecule has 0 radical (unpaired) electrons. The summed E-state index contributed by atoms with van der Waals surface area (Å²) in [4.78, 5) is 28.5. The van der Waals surface area contributed by atoms with Gasteiger partial charge in [0.05, 0.1) is 10.0 Å². The highest BCUT2D eigenvalue weighted by Crippen LogP contribution is 2.24. The van der Waals surface area contributed by atoms with Crippen molar-refractivity contribution in [2.75, 3.05) is 13.2 Å². The van der Waals surface area contributed by atoms with Crippen LogP contribution in [0.15, 0.2) is 66.7 Å². The molecule has 0 saturated heterocycles. The van der Waals surface area contributed by atoms with Crippen LogP contribution in [0.25, 0.3) is 0 Å². The monoisotopic (exact) mass is 526 g/mol. The first-order chi connectivity index (χ1) is 17.3. The van der Waals surface area contributed by atoms with E-state index < -0.39 is 6.04 Å². The minimum atomic E-state index is -0.733. The quantitative estimate of drug-likeness (QED) is 0.325. The highest BCUT2D eigenvalue weighted by atomic mass is 35.5. The number of hydrogen-bond acceptors (Lipinski definition) is 3.